The fourth-order valence-electron chi connectivity index (χ4n) is 4.17. The third kappa shape index (κ3) is 8.25. The summed E-state index contributed by atoms with van der Waals surface area (Å²) in [5.41, 5.74) is 4.16. The zero-order chi connectivity index (χ0) is 32.6. The van der Waals surface area contributed by atoms with Gasteiger partial charge in [0, 0.05) is 12.4 Å². The van der Waals surface area contributed by atoms with Crippen molar-refractivity contribution in [2.75, 3.05) is 0 Å². The maximum Gasteiger partial charge on any atom is 0.187 e. The molecule has 10 nitrogen and oxygen atoms in total. The minimum absolute atomic E-state index is 0.175. The first kappa shape index (κ1) is 32.1. The summed E-state index contributed by atoms with van der Waals surface area (Å²) < 4.78 is 62.9. The molecule has 0 N–H and O–H groups in total. The first-order valence-corrected chi connectivity index (χ1v) is 17.2. The molecule has 2 aromatic carbocycles. The molecule has 0 aliphatic carbocycles. The van der Waals surface area contributed by atoms with E-state index in [4.69, 9.17) is 0 Å². The minimum Gasteiger partial charge on any atom is -0.255 e. The van der Waals surface area contributed by atoms with Gasteiger partial charge in [-0.2, -0.15) is 10.2 Å². The fourth-order valence-corrected chi connectivity index (χ4v) is 6.78. The van der Waals surface area contributed by atoms with E-state index in [1.54, 1.807) is 73.1 Å². The predicted molar refractivity (Wildman–Crippen MR) is 170 cm³/mol. The number of rotatable bonds is 8. The molecule has 0 radical (unpaired) electrons. The Morgan fingerprint density at radius 3 is 1.48 bits per heavy atom. The highest BCUT2D eigenvalue weighted by Gasteiger charge is 2.20. The van der Waals surface area contributed by atoms with Crippen molar-refractivity contribution < 1.29 is 21.2 Å². The summed E-state index contributed by atoms with van der Waals surface area (Å²) >= 11 is 0. The number of pyridine rings is 2. The average molecular weight is 655 g/mol. The molecule has 0 aliphatic heterocycles. The Labute approximate surface area is 265 Å². The van der Waals surface area contributed by atoms with E-state index in [9.17, 15) is 21.2 Å². The minimum atomic E-state index is -3.81. The van der Waals surface area contributed by atoms with Crippen molar-refractivity contribution in [2.45, 2.75) is 28.2 Å². The van der Waals surface area contributed by atoms with Crippen LogP contribution in [0.1, 0.15) is 17.0 Å². The van der Waals surface area contributed by atoms with Gasteiger partial charge in [0.1, 0.15) is 22.1 Å². The third-order valence-electron chi connectivity index (χ3n) is 6.52. The molecular weight excluding hydrogens is 628 g/mol. The Hall–Kier alpha value is -5.27. The standard InChI is InChI=1S/C17H15N3O2S.C16H12FN3O2S/c1-13-5-8-15(9-6-13)23(21,22)12-14-7-10-17(20-19-14)16-4-2-3-11-18-16;17-13-5-1-2-7-16(13)23(21,22)11-12-8-9-15(20-19-12)14-6-3-4-10-18-14/h2-11H,12H2,1H3;1-10H,11H2. The maximum absolute atomic E-state index is 13.6. The molecule has 232 valence electrons. The van der Waals surface area contributed by atoms with Crippen LogP contribution in [0.25, 0.3) is 22.8 Å². The van der Waals surface area contributed by atoms with Gasteiger partial charge in [-0.25, -0.2) is 21.2 Å². The molecule has 0 atom stereocenters. The van der Waals surface area contributed by atoms with E-state index >= 15 is 0 Å². The molecule has 4 aromatic heterocycles. The third-order valence-corrected chi connectivity index (χ3v) is 9.87. The van der Waals surface area contributed by atoms with Crippen molar-refractivity contribution in [1.82, 2.24) is 30.4 Å². The number of nitrogens with zero attached hydrogens (tertiary/aromatic N) is 6. The monoisotopic (exact) mass is 654 g/mol. The molecule has 46 heavy (non-hydrogen) atoms. The second kappa shape index (κ2) is 14.2. The van der Waals surface area contributed by atoms with Crippen LogP contribution in [-0.4, -0.2) is 47.2 Å². The van der Waals surface area contributed by atoms with Crippen molar-refractivity contribution in [3.8, 4) is 22.8 Å². The highest BCUT2D eigenvalue weighted by molar-refractivity contribution is 7.91. The molecular formula is C33H27FN6O4S2. The molecule has 0 fully saturated rings. The molecule has 0 saturated carbocycles. The van der Waals surface area contributed by atoms with Crippen LogP contribution in [0.2, 0.25) is 0 Å². The Morgan fingerprint density at radius 1 is 0.522 bits per heavy atom. The quantitative estimate of drug-likeness (QED) is 0.207. The Morgan fingerprint density at radius 2 is 1.02 bits per heavy atom. The Bertz CT molecular complexity index is 2120. The average Bonchev–Trinajstić information content (AvgIpc) is 3.07. The molecule has 0 aliphatic rings. The van der Waals surface area contributed by atoms with Crippen molar-refractivity contribution in [3.63, 3.8) is 0 Å². The van der Waals surface area contributed by atoms with Crippen molar-refractivity contribution in [1.29, 1.82) is 0 Å². The smallest absolute Gasteiger partial charge is 0.187 e. The largest absolute Gasteiger partial charge is 0.255 e. The van der Waals surface area contributed by atoms with Gasteiger partial charge in [-0.1, -0.05) is 42.0 Å². The van der Waals surface area contributed by atoms with E-state index in [0.717, 1.165) is 11.6 Å². The lowest BCUT2D eigenvalue weighted by atomic mass is 10.2. The van der Waals surface area contributed by atoms with Crippen LogP contribution in [0.4, 0.5) is 4.39 Å². The number of halogens is 1. The molecule has 0 saturated heterocycles. The number of aromatic nitrogens is 6. The van der Waals surface area contributed by atoms with E-state index in [-0.39, 0.29) is 16.3 Å². The van der Waals surface area contributed by atoms with Crippen LogP contribution in [0.5, 0.6) is 0 Å². The summed E-state index contributed by atoms with van der Waals surface area (Å²) in [6, 6.07) is 29.5. The van der Waals surface area contributed by atoms with Gasteiger partial charge in [0.25, 0.3) is 0 Å². The van der Waals surface area contributed by atoms with Crippen LogP contribution < -0.4 is 0 Å². The zero-order valence-corrected chi connectivity index (χ0v) is 26.1. The lowest BCUT2D eigenvalue weighted by Gasteiger charge is -2.05. The number of hydrogen-bond acceptors (Lipinski definition) is 10. The van der Waals surface area contributed by atoms with Crippen LogP contribution in [-0.2, 0) is 31.2 Å². The van der Waals surface area contributed by atoms with E-state index in [0.29, 0.717) is 33.4 Å². The van der Waals surface area contributed by atoms with Crippen LogP contribution >= 0.6 is 0 Å². The number of hydrogen-bond donors (Lipinski definition) is 0. The molecule has 0 bridgehead atoms. The Kier molecular flexibility index (Phi) is 9.94. The lowest BCUT2D eigenvalue weighted by molar-refractivity contribution is 0.565. The SMILES string of the molecule is Cc1ccc(S(=O)(=O)Cc2ccc(-c3ccccn3)nn2)cc1.O=S(=O)(Cc1ccc(-c2ccccn2)nn1)c1ccccc1F. The van der Waals surface area contributed by atoms with Gasteiger partial charge in [-0.15, -0.1) is 10.2 Å². The van der Waals surface area contributed by atoms with E-state index < -0.39 is 31.2 Å². The summed E-state index contributed by atoms with van der Waals surface area (Å²) in [5.74, 6) is -1.36. The lowest BCUT2D eigenvalue weighted by Crippen LogP contribution is -2.09. The summed E-state index contributed by atoms with van der Waals surface area (Å²) in [6.07, 6.45) is 3.31. The predicted octanol–water partition coefficient (Wildman–Crippen LogP) is 5.47. The van der Waals surface area contributed by atoms with Crippen LogP contribution in [0.3, 0.4) is 0 Å². The van der Waals surface area contributed by atoms with Crippen molar-refractivity contribution >= 4 is 19.7 Å². The van der Waals surface area contributed by atoms with Gasteiger partial charge in [0.2, 0.25) is 0 Å². The van der Waals surface area contributed by atoms with Gasteiger partial charge in [-0.05, 0) is 79.7 Å². The maximum atomic E-state index is 13.6. The van der Waals surface area contributed by atoms with Crippen molar-refractivity contribution in [3.05, 3.63) is 144 Å². The molecule has 13 heteroatoms. The normalized spacial score (nSPS) is 11.3. The summed E-state index contributed by atoms with van der Waals surface area (Å²) in [5, 5.41) is 16.0. The molecule has 0 unspecified atom stereocenters. The summed E-state index contributed by atoms with van der Waals surface area (Å²) in [6.45, 7) is 1.91. The second-order valence-electron chi connectivity index (χ2n) is 10.0. The first-order chi connectivity index (χ1) is 22.1. The van der Waals surface area contributed by atoms with E-state index in [1.165, 1.54) is 18.2 Å². The van der Waals surface area contributed by atoms with E-state index in [1.807, 2.05) is 31.2 Å². The number of aryl methyl sites for hydroxylation is 1. The van der Waals surface area contributed by atoms with Gasteiger partial charge < -0.3 is 0 Å². The summed E-state index contributed by atoms with van der Waals surface area (Å²) in [4.78, 5) is 8.28. The van der Waals surface area contributed by atoms with Crippen molar-refractivity contribution in [2.24, 2.45) is 0 Å². The van der Waals surface area contributed by atoms with Gasteiger partial charge in [0.05, 0.1) is 39.2 Å². The fraction of sp³-hybridized carbons (Fsp3) is 0.0909. The molecule has 4 heterocycles. The second-order valence-corrected chi connectivity index (χ2v) is 14.0. The molecule has 0 spiro atoms. The molecule has 0 amide bonds. The Balaban J connectivity index is 0.000000181. The van der Waals surface area contributed by atoms with Crippen LogP contribution in [0, 0.1) is 12.7 Å². The first-order valence-electron chi connectivity index (χ1n) is 13.9. The molecule has 6 aromatic rings. The molecule has 6 rings (SSSR count). The van der Waals surface area contributed by atoms with Gasteiger partial charge >= 0.3 is 0 Å². The number of benzene rings is 2. The van der Waals surface area contributed by atoms with Crippen LogP contribution in [0.15, 0.2) is 131 Å². The highest BCUT2D eigenvalue weighted by atomic mass is 32.2. The topological polar surface area (TPSA) is 146 Å². The summed E-state index contributed by atoms with van der Waals surface area (Å²) in [7, 11) is -7.24. The van der Waals surface area contributed by atoms with Gasteiger partial charge in [0.15, 0.2) is 19.7 Å². The number of sulfone groups is 2. The van der Waals surface area contributed by atoms with Gasteiger partial charge in [-0.3, -0.25) is 9.97 Å². The van der Waals surface area contributed by atoms with E-state index in [2.05, 4.69) is 30.4 Å². The zero-order valence-electron chi connectivity index (χ0n) is 24.5. The highest BCUT2D eigenvalue weighted by Crippen LogP contribution is 2.20.